The number of fused-ring (bicyclic) bond motifs is 2. The Labute approximate surface area is 207 Å². The van der Waals surface area contributed by atoms with Gasteiger partial charge in [0, 0.05) is 25.4 Å². The van der Waals surface area contributed by atoms with Gasteiger partial charge in [-0.05, 0) is 42.2 Å². The second kappa shape index (κ2) is 8.85. The average Bonchev–Trinajstić information content (AvgIpc) is 3.52. The zero-order valence-corrected chi connectivity index (χ0v) is 20.4. The maximum Gasteiger partial charge on any atom is 0.243 e. The van der Waals surface area contributed by atoms with Crippen LogP contribution in [0.2, 0.25) is 5.15 Å². The number of nitrogens with zero attached hydrogens (tertiary/aromatic N) is 6. The Bertz CT molecular complexity index is 1500. The topological polar surface area (TPSA) is 103 Å². The van der Waals surface area contributed by atoms with Crippen molar-refractivity contribution in [2.24, 2.45) is 0 Å². The van der Waals surface area contributed by atoms with Crippen molar-refractivity contribution in [1.82, 2.24) is 29.3 Å². The Morgan fingerprint density at radius 2 is 1.86 bits per heavy atom. The molecule has 1 saturated heterocycles. The molecule has 0 bridgehead atoms. The summed E-state index contributed by atoms with van der Waals surface area (Å²) in [6.07, 6.45) is 1.95. The maximum atomic E-state index is 13.3. The molecular weight excluding hydrogens is 488 g/mol. The summed E-state index contributed by atoms with van der Waals surface area (Å²) < 4.78 is 35.3. The third-order valence-corrected chi connectivity index (χ3v) is 8.79. The Morgan fingerprint density at radius 3 is 2.66 bits per heavy atom. The van der Waals surface area contributed by atoms with Crippen LogP contribution in [-0.4, -0.2) is 57.4 Å². The van der Waals surface area contributed by atoms with Crippen LogP contribution in [0.25, 0.3) is 11.2 Å². The maximum absolute atomic E-state index is 13.3. The van der Waals surface area contributed by atoms with E-state index in [-0.39, 0.29) is 11.1 Å². The second-order valence-electron chi connectivity index (χ2n) is 8.82. The minimum absolute atomic E-state index is 0.00292. The van der Waals surface area contributed by atoms with Crippen LogP contribution in [0, 0.1) is 0 Å². The van der Waals surface area contributed by atoms with Crippen LogP contribution in [0.5, 0.6) is 5.75 Å². The molecular formula is C24H23ClN6O3S. The molecule has 4 aromatic rings. The summed E-state index contributed by atoms with van der Waals surface area (Å²) in [7, 11) is -3.58. The van der Waals surface area contributed by atoms with Crippen LogP contribution >= 0.6 is 11.6 Å². The lowest BCUT2D eigenvalue weighted by atomic mass is 9.97. The molecule has 4 heterocycles. The summed E-state index contributed by atoms with van der Waals surface area (Å²) in [4.78, 5) is 9.56. The van der Waals surface area contributed by atoms with Crippen molar-refractivity contribution in [1.29, 1.82) is 0 Å². The number of aromatic nitrogens is 5. The molecule has 0 saturated carbocycles. The van der Waals surface area contributed by atoms with Crippen molar-refractivity contribution in [3.05, 3.63) is 70.6 Å². The lowest BCUT2D eigenvalue weighted by molar-refractivity contribution is 0.313. The minimum Gasteiger partial charge on any atom is -0.493 e. The standard InChI is InChI=1S/C24H23ClN6O3S/c25-22-21-24(31(29-28-21)15-16-4-2-1-3-5-16)27-23(26-22)17-8-11-30(12-9-17)35(32,33)19-6-7-20-18(14-19)10-13-34-20/h1-7,14,17H,8-13,15H2. The fraction of sp³-hybridized carbons (Fsp3) is 0.333. The van der Waals surface area contributed by atoms with Crippen molar-refractivity contribution in [3.63, 3.8) is 0 Å². The average molecular weight is 511 g/mol. The zero-order valence-electron chi connectivity index (χ0n) is 18.8. The predicted octanol–water partition coefficient (Wildman–Crippen LogP) is 3.43. The van der Waals surface area contributed by atoms with Gasteiger partial charge in [-0.25, -0.2) is 23.1 Å². The Hall–Kier alpha value is -3.08. The van der Waals surface area contributed by atoms with E-state index in [9.17, 15) is 8.42 Å². The molecule has 0 atom stereocenters. The monoisotopic (exact) mass is 510 g/mol. The van der Waals surface area contributed by atoms with Gasteiger partial charge in [-0.1, -0.05) is 47.1 Å². The van der Waals surface area contributed by atoms with E-state index in [0.29, 0.717) is 61.0 Å². The molecule has 0 unspecified atom stereocenters. The Morgan fingerprint density at radius 1 is 1.06 bits per heavy atom. The third-order valence-electron chi connectivity index (χ3n) is 6.63. The van der Waals surface area contributed by atoms with Gasteiger partial charge in [0.1, 0.15) is 11.6 Å². The molecule has 1 fully saturated rings. The van der Waals surface area contributed by atoms with E-state index in [4.69, 9.17) is 21.3 Å². The molecule has 2 aromatic carbocycles. The van der Waals surface area contributed by atoms with E-state index in [1.807, 2.05) is 30.3 Å². The second-order valence-corrected chi connectivity index (χ2v) is 11.1. The first-order valence-electron chi connectivity index (χ1n) is 11.6. The third kappa shape index (κ3) is 4.15. The van der Waals surface area contributed by atoms with E-state index in [1.54, 1.807) is 27.2 Å². The van der Waals surface area contributed by atoms with Crippen LogP contribution in [0.15, 0.2) is 53.4 Å². The number of hydrogen-bond acceptors (Lipinski definition) is 7. The summed E-state index contributed by atoms with van der Waals surface area (Å²) in [5.74, 6) is 1.37. The summed E-state index contributed by atoms with van der Waals surface area (Å²) in [5.41, 5.74) is 3.07. The van der Waals surface area contributed by atoms with Gasteiger partial charge in [0.25, 0.3) is 0 Å². The fourth-order valence-corrected chi connectivity index (χ4v) is 6.44. The highest BCUT2D eigenvalue weighted by atomic mass is 35.5. The summed E-state index contributed by atoms with van der Waals surface area (Å²) >= 11 is 6.44. The van der Waals surface area contributed by atoms with E-state index in [1.165, 1.54) is 0 Å². The summed E-state index contributed by atoms with van der Waals surface area (Å²) in [6.45, 7) is 1.89. The van der Waals surface area contributed by atoms with Gasteiger partial charge in [0.2, 0.25) is 10.0 Å². The van der Waals surface area contributed by atoms with Crippen LogP contribution < -0.4 is 4.74 Å². The highest BCUT2D eigenvalue weighted by Gasteiger charge is 2.32. The number of rotatable bonds is 5. The van der Waals surface area contributed by atoms with Crippen LogP contribution in [-0.2, 0) is 23.0 Å². The SMILES string of the molecule is O=S(=O)(c1ccc2c(c1)CCO2)N1CCC(c2nc(Cl)c3nnn(Cc4ccccc4)c3n2)CC1. The molecule has 6 rings (SSSR count). The molecule has 180 valence electrons. The molecule has 2 aliphatic heterocycles. The minimum atomic E-state index is -3.58. The van der Waals surface area contributed by atoms with Crippen LogP contribution in [0.4, 0.5) is 0 Å². The first-order chi connectivity index (χ1) is 17.0. The smallest absolute Gasteiger partial charge is 0.243 e. The highest BCUT2D eigenvalue weighted by molar-refractivity contribution is 7.89. The molecule has 0 N–H and O–H groups in total. The number of hydrogen-bond donors (Lipinski definition) is 0. The van der Waals surface area contributed by atoms with Crippen LogP contribution in [0.1, 0.15) is 35.7 Å². The first-order valence-corrected chi connectivity index (χ1v) is 13.4. The summed E-state index contributed by atoms with van der Waals surface area (Å²) in [5, 5.41) is 8.65. The molecule has 35 heavy (non-hydrogen) atoms. The molecule has 9 nitrogen and oxygen atoms in total. The number of benzene rings is 2. The van der Waals surface area contributed by atoms with Crippen LogP contribution in [0.3, 0.4) is 0 Å². The molecule has 0 amide bonds. The molecule has 11 heteroatoms. The molecule has 0 aliphatic carbocycles. The molecule has 2 aromatic heterocycles. The summed E-state index contributed by atoms with van der Waals surface area (Å²) in [6, 6.07) is 15.1. The van der Waals surface area contributed by atoms with Gasteiger partial charge >= 0.3 is 0 Å². The number of sulfonamides is 1. The van der Waals surface area contributed by atoms with E-state index in [0.717, 1.165) is 23.3 Å². The Balaban J connectivity index is 1.21. The Kier molecular flexibility index (Phi) is 5.66. The zero-order chi connectivity index (χ0) is 24.0. The van der Waals surface area contributed by atoms with E-state index in [2.05, 4.69) is 15.3 Å². The molecule has 2 aliphatic rings. The van der Waals surface area contributed by atoms with E-state index >= 15 is 0 Å². The van der Waals surface area contributed by atoms with Crippen molar-refractivity contribution < 1.29 is 13.2 Å². The predicted molar refractivity (Wildman–Crippen MR) is 130 cm³/mol. The number of piperidine rings is 1. The van der Waals surface area contributed by atoms with E-state index < -0.39 is 10.0 Å². The fourth-order valence-electron chi connectivity index (χ4n) is 4.71. The molecule has 0 spiro atoms. The van der Waals surface area contributed by atoms with Crippen molar-refractivity contribution in [2.45, 2.75) is 36.6 Å². The van der Waals surface area contributed by atoms with Crippen molar-refractivity contribution in [2.75, 3.05) is 19.7 Å². The van der Waals surface area contributed by atoms with Gasteiger partial charge in [0.05, 0.1) is 18.0 Å². The van der Waals surface area contributed by atoms with Gasteiger partial charge in [0.15, 0.2) is 16.3 Å². The largest absolute Gasteiger partial charge is 0.493 e. The lowest BCUT2D eigenvalue weighted by Gasteiger charge is -2.30. The first kappa shape index (κ1) is 22.4. The van der Waals surface area contributed by atoms with Crippen molar-refractivity contribution >= 4 is 32.8 Å². The normalized spacial score (nSPS) is 16.9. The van der Waals surface area contributed by atoms with Crippen molar-refractivity contribution in [3.8, 4) is 5.75 Å². The van der Waals surface area contributed by atoms with Gasteiger partial charge in [-0.3, -0.25) is 0 Å². The van der Waals surface area contributed by atoms with Gasteiger partial charge < -0.3 is 4.74 Å². The van der Waals surface area contributed by atoms with Gasteiger partial charge in [-0.15, -0.1) is 5.10 Å². The number of halogens is 1. The lowest BCUT2D eigenvalue weighted by Crippen LogP contribution is -2.38. The number of ether oxygens (including phenoxy) is 1. The molecule has 0 radical (unpaired) electrons. The quantitative estimate of drug-likeness (QED) is 0.379. The van der Waals surface area contributed by atoms with Gasteiger partial charge in [-0.2, -0.15) is 4.31 Å². The highest BCUT2D eigenvalue weighted by Crippen LogP contribution is 2.33.